The van der Waals surface area contributed by atoms with E-state index in [2.05, 4.69) is 17.4 Å². The van der Waals surface area contributed by atoms with Crippen molar-refractivity contribution >= 4 is 23.8 Å². The fraction of sp³-hybridized carbons (Fsp3) is 0.200. The minimum absolute atomic E-state index is 0.0844. The summed E-state index contributed by atoms with van der Waals surface area (Å²) in [6.07, 6.45) is -0.974. The van der Waals surface area contributed by atoms with Crippen LogP contribution in [0.15, 0.2) is 77.7 Å². The molecule has 0 fully saturated rings. The number of nitrogens with one attached hydrogen (secondary N) is 1. The van der Waals surface area contributed by atoms with Gasteiger partial charge in [0.25, 0.3) is 0 Å². The highest BCUT2D eigenvalue weighted by atomic mass is 32.2. The van der Waals surface area contributed by atoms with Gasteiger partial charge in [-0.05, 0) is 34.4 Å². The molecule has 4 rings (SSSR count). The SMILES string of the molecule is O=C(O)C[C@H](CSc1ccccc1F)NC(=O)OCC1c2ccccc2-c2ccccc21. The van der Waals surface area contributed by atoms with Crippen LogP contribution in [0.2, 0.25) is 0 Å². The Morgan fingerprint density at radius 1 is 0.969 bits per heavy atom. The van der Waals surface area contributed by atoms with Crippen LogP contribution < -0.4 is 5.32 Å². The van der Waals surface area contributed by atoms with Crippen molar-refractivity contribution < 1.29 is 23.8 Å². The molecular formula is C25H22FNO4S. The predicted octanol–water partition coefficient (Wildman–Crippen LogP) is 5.30. The van der Waals surface area contributed by atoms with E-state index in [1.54, 1.807) is 18.2 Å². The molecule has 2 N–H and O–H groups in total. The van der Waals surface area contributed by atoms with E-state index in [0.717, 1.165) is 34.0 Å². The zero-order valence-corrected chi connectivity index (χ0v) is 18.0. The van der Waals surface area contributed by atoms with E-state index in [1.807, 2.05) is 36.4 Å². The normalized spacial score (nSPS) is 13.2. The molecule has 0 saturated heterocycles. The fourth-order valence-corrected chi connectivity index (χ4v) is 4.88. The van der Waals surface area contributed by atoms with Crippen LogP contribution in [-0.2, 0) is 9.53 Å². The largest absolute Gasteiger partial charge is 0.481 e. The van der Waals surface area contributed by atoms with E-state index in [0.29, 0.717) is 4.90 Å². The number of alkyl carbamates (subject to hydrolysis) is 1. The number of carbonyl (C=O) groups is 2. The molecule has 0 spiro atoms. The second kappa shape index (κ2) is 9.87. The number of thioether (sulfide) groups is 1. The molecule has 1 aliphatic carbocycles. The molecule has 0 bridgehead atoms. The summed E-state index contributed by atoms with van der Waals surface area (Å²) in [5, 5.41) is 11.8. The summed E-state index contributed by atoms with van der Waals surface area (Å²) >= 11 is 1.16. The Morgan fingerprint density at radius 3 is 2.19 bits per heavy atom. The number of aliphatic carboxylic acids is 1. The van der Waals surface area contributed by atoms with Gasteiger partial charge in [-0.25, -0.2) is 9.18 Å². The molecule has 0 heterocycles. The number of hydrogen-bond acceptors (Lipinski definition) is 4. The summed E-state index contributed by atoms with van der Waals surface area (Å²) < 4.78 is 19.4. The van der Waals surface area contributed by atoms with Gasteiger partial charge in [0.15, 0.2) is 0 Å². The maximum Gasteiger partial charge on any atom is 0.407 e. The van der Waals surface area contributed by atoms with Crippen LogP contribution in [0.1, 0.15) is 23.5 Å². The third-order valence-electron chi connectivity index (χ3n) is 5.36. The zero-order valence-electron chi connectivity index (χ0n) is 17.2. The van der Waals surface area contributed by atoms with Crippen LogP contribution >= 0.6 is 11.8 Å². The van der Waals surface area contributed by atoms with E-state index in [4.69, 9.17) is 4.74 Å². The number of carboxylic acid groups (broad SMARTS) is 1. The van der Waals surface area contributed by atoms with Crippen molar-refractivity contribution in [1.82, 2.24) is 5.32 Å². The monoisotopic (exact) mass is 451 g/mol. The lowest BCUT2D eigenvalue weighted by Gasteiger charge is -2.19. The van der Waals surface area contributed by atoms with Gasteiger partial charge in [-0.3, -0.25) is 4.79 Å². The van der Waals surface area contributed by atoms with Gasteiger partial charge in [-0.2, -0.15) is 0 Å². The van der Waals surface area contributed by atoms with E-state index < -0.39 is 18.1 Å². The number of benzene rings is 3. The minimum Gasteiger partial charge on any atom is -0.481 e. The Morgan fingerprint density at radius 2 is 1.56 bits per heavy atom. The quantitative estimate of drug-likeness (QED) is 0.455. The second-order valence-corrected chi connectivity index (χ2v) is 8.57. The summed E-state index contributed by atoms with van der Waals surface area (Å²) in [5.74, 6) is -1.31. The van der Waals surface area contributed by atoms with Crippen LogP contribution in [-0.4, -0.2) is 35.6 Å². The Bertz CT molecular complexity index is 1090. The molecule has 0 aliphatic heterocycles. The summed E-state index contributed by atoms with van der Waals surface area (Å²) in [4.78, 5) is 24.1. The Kier molecular flexibility index (Phi) is 6.75. The van der Waals surface area contributed by atoms with Crippen LogP contribution in [0.3, 0.4) is 0 Å². The van der Waals surface area contributed by atoms with Crippen molar-refractivity contribution in [2.45, 2.75) is 23.3 Å². The summed E-state index contributed by atoms with van der Waals surface area (Å²) in [6, 6.07) is 21.6. The molecule has 1 amide bonds. The predicted molar refractivity (Wildman–Crippen MR) is 121 cm³/mol. The first kappa shape index (κ1) is 21.9. The third-order valence-corrected chi connectivity index (χ3v) is 6.57. The lowest BCUT2D eigenvalue weighted by molar-refractivity contribution is -0.137. The van der Waals surface area contributed by atoms with Gasteiger partial charge in [0.05, 0.1) is 12.5 Å². The molecule has 32 heavy (non-hydrogen) atoms. The molecule has 1 atom stereocenters. The van der Waals surface area contributed by atoms with Gasteiger partial charge in [0, 0.05) is 16.6 Å². The number of carboxylic acids is 1. The zero-order chi connectivity index (χ0) is 22.5. The first-order chi connectivity index (χ1) is 15.5. The van der Waals surface area contributed by atoms with Crippen LogP contribution in [0.25, 0.3) is 11.1 Å². The van der Waals surface area contributed by atoms with Crippen molar-refractivity contribution in [2.24, 2.45) is 0 Å². The number of fused-ring (bicyclic) bond motifs is 3. The van der Waals surface area contributed by atoms with E-state index >= 15 is 0 Å². The van der Waals surface area contributed by atoms with E-state index in [1.165, 1.54) is 6.07 Å². The van der Waals surface area contributed by atoms with Crippen molar-refractivity contribution in [3.63, 3.8) is 0 Å². The second-order valence-electron chi connectivity index (χ2n) is 7.51. The lowest BCUT2D eigenvalue weighted by Crippen LogP contribution is -2.39. The van der Waals surface area contributed by atoms with E-state index in [-0.39, 0.29) is 30.5 Å². The first-order valence-electron chi connectivity index (χ1n) is 10.2. The average Bonchev–Trinajstić information content (AvgIpc) is 3.10. The molecule has 1 aliphatic rings. The fourth-order valence-electron chi connectivity index (χ4n) is 3.92. The third kappa shape index (κ3) is 4.94. The number of ether oxygens (including phenoxy) is 1. The molecule has 3 aromatic rings. The van der Waals surface area contributed by atoms with Gasteiger partial charge < -0.3 is 15.2 Å². The lowest BCUT2D eigenvalue weighted by atomic mass is 9.98. The number of hydrogen-bond donors (Lipinski definition) is 2. The number of amides is 1. The van der Waals surface area contributed by atoms with Gasteiger partial charge in [0.1, 0.15) is 12.4 Å². The van der Waals surface area contributed by atoms with Gasteiger partial charge >= 0.3 is 12.1 Å². The van der Waals surface area contributed by atoms with Gasteiger partial charge in [-0.15, -0.1) is 11.8 Å². The number of rotatable bonds is 8. The summed E-state index contributed by atoms with van der Waals surface area (Å²) in [5.41, 5.74) is 4.45. The maximum absolute atomic E-state index is 13.9. The minimum atomic E-state index is -1.05. The molecule has 0 unspecified atom stereocenters. The molecular weight excluding hydrogens is 429 g/mol. The van der Waals surface area contributed by atoms with Crippen molar-refractivity contribution in [2.75, 3.05) is 12.4 Å². The van der Waals surface area contributed by atoms with Crippen molar-refractivity contribution in [3.8, 4) is 11.1 Å². The van der Waals surface area contributed by atoms with Crippen molar-refractivity contribution in [1.29, 1.82) is 0 Å². The highest BCUT2D eigenvalue weighted by Crippen LogP contribution is 2.44. The maximum atomic E-state index is 13.9. The topological polar surface area (TPSA) is 75.6 Å². The molecule has 5 nitrogen and oxygen atoms in total. The average molecular weight is 452 g/mol. The summed E-state index contributed by atoms with van der Waals surface area (Å²) in [6.45, 7) is 0.139. The molecule has 3 aromatic carbocycles. The van der Waals surface area contributed by atoms with Gasteiger partial charge in [0.2, 0.25) is 0 Å². The number of carbonyl (C=O) groups excluding carboxylic acids is 1. The Balaban J connectivity index is 1.39. The highest BCUT2D eigenvalue weighted by Gasteiger charge is 2.29. The first-order valence-corrected chi connectivity index (χ1v) is 11.2. The molecule has 0 aromatic heterocycles. The van der Waals surface area contributed by atoms with Crippen LogP contribution in [0.4, 0.5) is 9.18 Å². The number of halogens is 1. The van der Waals surface area contributed by atoms with Gasteiger partial charge in [-0.1, -0.05) is 60.7 Å². The molecule has 7 heteroatoms. The molecule has 0 saturated carbocycles. The van der Waals surface area contributed by atoms with Crippen LogP contribution in [0, 0.1) is 5.82 Å². The molecule has 164 valence electrons. The highest BCUT2D eigenvalue weighted by molar-refractivity contribution is 7.99. The van der Waals surface area contributed by atoms with Crippen molar-refractivity contribution in [3.05, 3.63) is 89.7 Å². The Labute approximate surface area is 189 Å². The standard InChI is InChI=1S/C25H22FNO4S/c26-22-11-5-6-12-23(22)32-15-16(13-24(28)29)27-25(30)31-14-21-19-9-3-1-7-17(19)18-8-2-4-10-20(18)21/h1-12,16,21H,13-15H2,(H,27,30)(H,28,29)/t16-/m1/s1. The smallest absolute Gasteiger partial charge is 0.407 e. The summed E-state index contributed by atoms with van der Waals surface area (Å²) in [7, 11) is 0. The molecule has 0 radical (unpaired) electrons. The Hall–Kier alpha value is -3.32. The van der Waals surface area contributed by atoms with E-state index in [9.17, 15) is 19.1 Å². The van der Waals surface area contributed by atoms with Crippen LogP contribution in [0.5, 0.6) is 0 Å².